The van der Waals surface area contributed by atoms with Crippen LogP contribution in [-0.2, 0) is 0 Å². The highest BCUT2D eigenvalue weighted by molar-refractivity contribution is 14.1. The fourth-order valence-electron chi connectivity index (χ4n) is 0.686. The van der Waals surface area contributed by atoms with Gasteiger partial charge in [-0.2, -0.15) is 0 Å². The maximum atomic E-state index is 12.8. The van der Waals surface area contributed by atoms with Crippen molar-refractivity contribution in [2.75, 3.05) is 0 Å². The molecule has 0 spiro atoms. The lowest BCUT2D eigenvalue weighted by Crippen LogP contribution is -2.11. The molecule has 0 fully saturated rings. The van der Waals surface area contributed by atoms with E-state index in [4.69, 9.17) is 5.73 Å². The van der Waals surface area contributed by atoms with Gasteiger partial charge in [0.2, 0.25) is 0 Å². The van der Waals surface area contributed by atoms with Crippen LogP contribution < -0.4 is 5.73 Å². The number of hydrogen-bond donors (Lipinski definition) is 1. The third-order valence-corrected chi connectivity index (χ3v) is 2.08. The number of hydrogen-bond acceptors (Lipinski definition) is 1. The van der Waals surface area contributed by atoms with Crippen LogP contribution in [0.15, 0.2) is 18.2 Å². The van der Waals surface area contributed by atoms with Crippen LogP contribution in [0, 0.1) is 9.39 Å². The Balaban J connectivity index is 3.23. The van der Waals surface area contributed by atoms with Crippen LogP contribution in [0.25, 0.3) is 0 Å². The van der Waals surface area contributed by atoms with Crippen molar-refractivity contribution in [3.05, 3.63) is 33.1 Å². The van der Waals surface area contributed by atoms with Crippen molar-refractivity contribution in [1.82, 2.24) is 0 Å². The highest BCUT2D eigenvalue weighted by Crippen LogP contribution is 2.11. The fourth-order valence-corrected chi connectivity index (χ4v) is 1.33. The minimum Gasteiger partial charge on any atom is -0.389 e. The second-order valence-electron chi connectivity index (χ2n) is 1.99. The summed E-state index contributed by atoms with van der Waals surface area (Å²) in [5, 5.41) is 0. The number of halogens is 2. The van der Waals surface area contributed by atoms with Gasteiger partial charge in [-0.15, -0.1) is 0 Å². The third kappa shape index (κ3) is 2.10. The van der Waals surface area contributed by atoms with Gasteiger partial charge in [0.05, 0.1) is 0 Å². The van der Waals surface area contributed by atoms with Crippen LogP contribution in [0.1, 0.15) is 5.56 Å². The van der Waals surface area contributed by atoms with E-state index in [2.05, 4.69) is 34.8 Å². The van der Waals surface area contributed by atoms with Crippen LogP contribution in [0.5, 0.6) is 0 Å². The van der Waals surface area contributed by atoms with Gasteiger partial charge in [-0.1, -0.05) is 12.2 Å². The second kappa shape index (κ2) is 3.44. The smallest absolute Gasteiger partial charge is 0.133 e. The third-order valence-electron chi connectivity index (χ3n) is 1.19. The molecule has 0 aliphatic heterocycles. The molecule has 1 nitrogen and oxygen atoms in total. The number of thiocarbonyl (C=S) groups is 1. The summed E-state index contributed by atoms with van der Waals surface area (Å²) < 4.78 is 13.8. The summed E-state index contributed by atoms with van der Waals surface area (Å²) in [7, 11) is 0. The van der Waals surface area contributed by atoms with E-state index in [1.54, 1.807) is 12.1 Å². The van der Waals surface area contributed by atoms with Crippen LogP contribution in [-0.4, -0.2) is 4.99 Å². The Bertz CT molecular complexity index is 300. The molecule has 1 aromatic rings. The van der Waals surface area contributed by atoms with Crippen molar-refractivity contribution >= 4 is 39.8 Å². The van der Waals surface area contributed by atoms with Crippen LogP contribution in [0.3, 0.4) is 0 Å². The minimum absolute atomic E-state index is 0.0982. The van der Waals surface area contributed by atoms with E-state index in [0.717, 1.165) is 3.57 Å². The molecule has 0 aromatic heterocycles. The van der Waals surface area contributed by atoms with Crippen molar-refractivity contribution in [3.8, 4) is 0 Å². The largest absolute Gasteiger partial charge is 0.389 e. The Morgan fingerprint density at radius 3 is 2.64 bits per heavy atom. The fraction of sp³-hybridized carbons (Fsp3) is 0. The summed E-state index contributed by atoms with van der Waals surface area (Å²) in [6.07, 6.45) is 0. The lowest BCUT2D eigenvalue weighted by Gasteiger charge is -1.99. The molecular formula is C7H5FINS. The van der Waals surface area contributed by atoms with Gasteiger partial charge in [-0.05, 0) is 40.8 Å². The molecular weight excluding hydrogens is 276 g/mol. The molecule has 0 aliphatic rings. The molecule has 0 saturated heterocycles. The summed E-state index contributed by atoms with van der Waals surface area (Å²) in [5.74, 6) is -0.363. The molecule has 0 heterocycles. The van der Waals surface area contributed by atoms with Crippen molar-refractivity contribution in [3.63, 3.8) is 0 Å². The lowest BCUT2D eigenvalue weighted by atomic mass is 10.2. The van der Waals surface area contributed by atoms with Gasteiger partial charge in [-0.3, -0.25) is 0 Å². The van der Waals surface area contributed by atoms with Crippen molar-refractivity contribution in [2.45, 2.75) is 0 Å². The Morgan fingerprint density at radius 2 is 2.18 bits per heavy atom. The Hall–Kier alpha value is -0.230. The zero-order chi connectivity index (χ0) is 8.43. The normalized spacial score (nSPS) is 9.64. The molecule has 2 N–H and O–H groups in total. The van der Waals surface area contributed by atoms with Gasteiger partial charge in [0, 0.05) is 9.13 Å². The second-order valence-corrected chi connectivity index (χ2v) is 3.67. The summed E-state index contributed by atoms with van der Waals surface area (Å²) >= 11 is 6.72. The maximum Gasteiger partial charge on any atom is 0.133 e. The van der Waals surface area contributed by atoms with E-state index in [-0.39, 0.29) is 10.8 Å². The van der Waals surface area contributed by atoms with Crippen molar-refractivity contribution < 1.29 is 4.39 Å². The van der Waals surface area contributed by atoms with E-state index < -0.39 is 0 Å². The first-order chi connectivity index (χ1) is 5.11. The van der Waals surface area contributed by atoms with Crippen molar-refractivity contribution in [2.24, 2.45) is 5.73 Å². The molecule has 0 unspecified atom stereocenters. The van der Waals surface area contributed by atoms with Crippen LogP contribution in [0.2, 0.25) is 0 Å². The first kappa shape index (κ1) is 8.86. The van der Waals surface area contributed by atoms with E-state index in [1.165, 1.54) is 6.07 Å². The Labute approximate surface area is 82.9 Å². The molecule has 0 amide bonds. The molecule has 0 bridgehead atoms. The predicted octanol–water partition coefficient (Wildman–Crippen LogP) is 2.06. The molecule has 11 heavy (non-hydrogen) atoms. The number of rotatable bonds is 1. The summed E-state index contributed by atoms with van der Waals surface area (Å²) in [5.41, 5.74) is 5.58. The highest BCUT2D eigenvalue weighted by atomic mass is 127. The first-order valence-corrected chi connectivity index (χ1v) is 4.35. The lowest BCUT2D eigenvalue weighted by molar-refractivity contribution is 0.625. The predicted molar refractivity (Wildman–Crippen MR) is 55.0 cm³/mol. The summed E-state index contributed by atoms with van der Waals surface area (Å²) in [6.45, 7) is 0. The zero-order valence-corrected chi connectivity index (χ0v) is 8.45. The molecule has 58 valence electrons. The van der Waals surface area contributed by atoms with Gasteiger partial charge in [0.25, 0.3) is 0 Å². The number of benzene rings is 1. The molecule has 0 radical (unpaired) electrons. The van der Waals surface area contributed by atoms with Crippen LogP contribution >= 0.6 is 34.8 Å². The maximum absolute atomic E-state index is 12.8. The molecule has 4 heteroatoms. The topological polar surface area (TPSA) is 26.0 Å². The van der Waals surface area contributed by atoms with Crippen molar-refractivity contribution in [1.29, 1.82) is 0 Å². The zero-order valence-electron chi connectivity index (χ0n) is 5.47. The van der Waals surface area contributed by atoms with Gasteiger partial charge < -0.3 is 5.73 Å². The Morgan fingerprint density at radius 1 is 1.55 bits per heavy atom. The quantitative estimate of drug-likeness (QED) is 0.630. The Kier molecular flexibility index (Phi) is 2.78. The highest BCUT2D eigenvalue weighted by Gasteiger charge is 2.03. The average molecular weight is 281 g/mol. The van der Waals surface area contributed by atoms with Gasteiger partial charge in [0.15, 0.2) is 0 Å². The van der Waals surface area contributed by atoms with Gasteiger partial charge >= 0.3 is 0 Å². The van der Waals surface area contributed by atoms with E-state index >= 15 is 0 Å². The van der Waals surface area contributed by atoms with Crippen LogP contribution in [0.4, 0.5) is 4.39 Å². The number of nitrogens with two attached hydrogens (primary N) is 1. The molecule has 0 atom stereocenters. The SMILES string of the molecule is NC(=S)c1cc(I)ccc1F. The van der Waals surface area contributed by atoms with E-state index in [1.807, 2.05) is 0 Å². The van der Waals surface area contributed by atoms with E-state index in [9.17, 15) is 4.39 Å². The molecule has 0 saturated carbocycles. The first-order valence-electron chi connectivity index (χ1n) is 2.86. The summed E-state index contributed by atoms with van der Waals surface area (Å²) in [6, 6.07) is 4.65. The van der Waals surface area contributed by atoms with Gasteiger partial charge in [-0.25, -0.2) is 4.39 Å². The minimum atomic E-state index is -0.363. The average Bonchev–Trinajstić information content (AvgIpc) is 1.94. The monoisotopic (exact) mass is 281 g/mol. The molecule has 0 aliphatic carbocycles. The van der Waals surface area contributed by atoms with Gasteiger partial charge in [0.1, 0.15) is 10.8 Å². The molecule has 1 rings (SSSR count). The standard InChI is InChI=1S/C7H5FINS/c8-6-2-1-4(9)3-5(6)7(10)11/h1-3H,(H2,10,11). The van der Waals surface area contributed by atoms with E-state index in [0.29, 0.717) is 5.56 Å². The summed E-state index contributed by atoms with van der Waals surface area (Å²) in [4.78, 5) is 0.0982. The molecule has 1 aromatic carbocycles.